The number of likely N-dealkylation sites (N-methyl/N-ethyl adjacent to an activating group) is 1. The molecule has 0 aliphatic rings. The van der Waals surface area contributed by atoms with E-state index >= 15 is 0 Å². The maximum atomic E-state index is 12.9. The quantitative estimate of drug-likeness (QED) is 0.0211. The van der Waals surface area contributed by atoms with E-state index in [1.807, 2.05) is 21.1 Å². The van der Waals surface area contributed by atoms with Crippen molar-refractivity contribution in [1.82, 2.24) is 0 Å². The van der Waals surface area contributed by atoms with E-state index in [0.29, 0.717) is 17.4 Å². The van der Waals surface area contributed by atoms with Crippen LogP contribution in [-0.2, 0) is 33.3 Å². The van der Waals surface area contributed by atoms with E-state index in [1.54, 1.807) is 0 Å². The Morgan fingerprint density at radius 1 is 0.323 bits per heavy atom. The van der Waals surface area contributed by atoms with E-state index in [0.717, 1.165) is 167 Å². The van der Waals surface area contributed by atoms with Crippen LogP contribution in [0.5, 0.6) is 0 Å². The second-order valence-corrected chi connectivity index (χ2v) is 24.1. The number of hydrogen-bond donors (Lipinski definition) is 1. The lowest BCUT2D eigenvalue weighted by molar-refractivity contribution is -0.870. The number of carbonyl (C=O) groups excluding carboxylic acids is 2. The van der Waals surface area contributed by atoms with Crippen LogP contribution in [0.3, 0.4) is 0 Å². The van der Waals surface area contributed by atoms with Crippen molar-refractivity contribution in [1.29, 1.82) is 0 Å². The van der Waals surface area contributed by atoms with Crippen molar-refractivity contribution >= 4 is 17.9 Å². The third kappa shape index (κ3) is 72.9. The SMILES string of the molecule is CC/C=C\C/C=C\C/C=C\C/C=C\C/C=C\C/C=C\C/C=C\C/C=C\C/C=C\C/C=C\C/C=C\CCCCCC(=O)OC(COC(=O)CCCCCCCCCCC/C=C\C/C=C\C/C=C\C/C=C\C/C=C\C/C=C\C/C=C\CC)COC(OCC[N+](C)(C)C)C(=O)O. The van der Waals surface area contributed by atoms with Gasteiger partial charge >= 0.3 is 17.9 Å². The van der Waals surface area contributed by atoms with Crippen molar-refractivity contribution in [2.45, 2.75) is 245 Å². The molecule has 0 heterocycles. The predicted octanol–water partition coefficient (Wildman–Crippen LogP) is 22.9. The van der Waals surface area contributed by atoms with E-state index in [1.165, 1.54) is 32.1 Å². The Bertz CT molecular complexity index is 2330. The maximum absolute atomic E-state index is 12.9. The number of rotatable bonds is 63. The lowest BCUT2D eigenvalue weighted by atomic mass is 10.1. The Labute approximate surface area is 568 Å². The van der Waals surface area contributed by atoms with Crippen LogP contribution in [0.4, 0.5) is 0 Å². The summed E-state index contributed by atoms with van der Waals surface area (Å²) >= 11 is 0. The molecule has 9 nitrogen and oxygen atoms in total. The van der Waals surface area contributed by atoms with Gasteiger partial charge in [0, 0.05) is 12.8 Å². The van der Waals surface area contributed by atoms with Crippen LogP contribution in [0.1, 0.15) is 232 Å². The number of esters is 2. The average Bonchev–Trinajstić information content (AvgIpc) is 3.73. The van der Waals surface area contributed by atoms with Crippen molar-refractivity contribution in [2.75, 3.05) is 47.5 Å². The lowest BCUT2D eigenvalue weighted by Crippen LogP contribution is -2.40. The Morgan fingerprint density at radius 2 is 0.581 bits per heavy atom. The van der Waals surface area contributed by atoms with Crippen molar-refractivity contribution < 1.29 is 42.9 Å². The van der Waals surface area contributed by atoms with Crippen molar-refractivity contribution in [2.24, 2.45) is 0 Å². The zero-order valence-corrected chi connectivity index (χ0v) is 59.1. The molecule has 0 bridgehead atoms. The van der Waals surface area contributed by atoms with Crippen LogP contribution >= 0.6 is 0 Å². The number of ether oxygens (including phenoxy) is 4. The van der Waals surface area contributed by atoms with E-state index < -0.39 is 24.3 Å². The van der Waals surface area contributed by atoms with Crippen LogP contribution in [0, 0.1) is 0 Å². The van der Waals surface area contributed by atoms with Gasteiger partial charge in [-0.15, -0.1) is 0 Å². The minimum atomic E-state index is -1.54. The third-order valence-electron chi connectivity index (χ3n) is 14.2. The van der Waals surface area contributed by atoms with E-state index in [-0.39, 0.29) is 38.6 Å². The fourth-order valence-corrected chi connectivity index (χ4v) is 8.82. The number of allylic oxidation sites excluding steroid dienone is 36. The van der Waals surface area contributed by atoms with Crippen LogP contribution < -0.4 is 0 Å². The van der Waals surface area contributed by atoms with Gasteiger partial charge in [-0.25, -0.2) is 4.79 Å². The van der Waals surface area contributed by atoms with Gasteiger partial charge in [-0.3, -0.25) is 9.59 Å². The van der Waals surface area contributed by atoms with Gasteiger partial charge in [0.05, 0.1) is 34.4 Å². The summed E-state index contributed by atoms with van der Waals surface area (Å²) in [5, 5.41) is 9.75. The summed E-state index contributed by atoms with van der Waals surface area (Å²) in [5.41, 5.74) is 0. The summed E-state index contributed by atoms with van der Waals surface area (Å²) < 4.78 is 22.9. The van der Waals surface area contributed by atoms with Crippen LogP contribution in [0.25, 0.3) is 0 Å². The van der Waals surface area contributed by atoms with E-state index in [2.05, 4.69) is 233 Å². The molecule has 0 aliphatic carbocycles. The second kappa shape index (κ2) is 71.5. The molecule has 0 fully saturated rings. The van der Waals surface area contributed by atoms with Crippen molar-refractivity contribution in [3.63, 3.8) is 0 Å². The van der Waals surface area contributed by atoms with Gasteiger partial charge in [0.25, 0.3) is 6.29 Å². The molecule has 0 rings (SSSR count). The highest BCUT2D eigenvalue weighted by Gasteiger charge is 2.25. The monoisotopic (exact) mass is 1280 g/mol. The largest absolute Gasteiger partial charge is 0.477 e. The zero-order chi connectivity index (χ0) is 67.5. The summed E-state index contributed by atoms with van der Waals surface area (Å²) in [4.78, 5) is 37.6. The summed E-state index contributed by atoms with van der Waals surface area (Å²) in [6.45, 7) is 4.57. The Hall–Kier alpha value is -6.39. The molecule has 0 aliphatic heterocycles. The van der Waals surface area contributed by atoms with Gasteiger partial charge in [-0.05, 0) is 154 Å². The topological polar surface area (TPSA) is 108 Å². The molecule has 0 saturated heterocycles. The fraction of sp³-hybridized carbons (Fsp3) is 0.536. The molecule has 2 unspecified atom stereocenters. The van der Waals surface area contributed by atoms with E-state index in [9.17, 15) is 19.5 Å². The molecule has 1 N–H and O–H groups in total. The summed E-state index contributed by atoms with van der Waals surface area (Å²) in [5.74, 6) is -2.09. The Balaban J connectivity index is 4.29. The normalized spacial score (nSPS) is 14.0. The highest BCUT2D eigenvalue weighted by molar-refractivity contribution is 5.71. The molecule has 9 heteroatoms. The van der Waals surface area contributed by atoms with Crippen LogP contribution in [0.15, 0.2) is 219 Å². The molecule has 0 aromatic heterocycles. The molecule has 518 valence electrons. The first-order chi connectivity index (χ1) is 45.6. The molecular formula is C84H130NO8+. The number of carbonyl (C=O) groups is 3. The zero-order valence-electron chi connectivity index (χ0n) is 59.1. The van der Waals surface area contributed by atoms with Gasteiger partial charge in [0.15, 0.2) is 6.10 Å². The van der Waals surface area contributed by atoms with Gasteiger partial charge in [0.2, 0.25) is 0 Å². The molecular weight excluding hydrogens is 1150 g/mol. The Morgan fingerprint density at radius 3 is 0.871 bits per heavy atom. The molecule has 0 aromatic rings. The fourth-order valence-electron chi connectivity index (χ4n) is 8.82. The summed E-state index contributed by atoms with van der Waals surface area (Å²) in [7, 11) is 5.94. The minimum absolute atomic E-state index is 0.167. The maximum Gasteiger partial charge on any atom is 0.361 e. The molecule has 0 saturated carbocycles. The number of carboxylic acids is 1. The van der Waals surface area contributed by atoms with Crippen LogP contribution in [0.2, 0.25) is 0 Å². The van der Waals surface area contributed by atoms with Gasteiger partial charge in [-0.1, -0.05) is 284 Å². The van der Waals surface area contributed by atoms with Crippen molar-refractivity contribution in [3.8, 4) is 0 Å². The molecule has 2 atom stereocenters. The number of hydrogen-bond acceptors (Lipinski definition) is 7. The van der Waals surface area contributed by atoms with Gasteiger partial charge in [-0.2, -0.15) is 0 Å². The molecule has 0 aromatic carbocycles. The van der Waals surface area contributed by atoms with Crippen LogP contribution in [-0.4, -0.2) is 87.4 Å². The number of nitrogens with zero attached hydrogens (tertiary/aromatic N) is 1. The number of aliphatic carboxylic acids is 1. The smallest absolute Gasteiger partial charge is 0.361 e. The first-order valence-corrected chi connectivity index (χ1v) is 35.9. The predicted molar refractivity (Wildman–Crippen MR) is 400 cm³/mol. The highest BCUT2D eigenvalue weighted by Crippen LogP contribution is 2.14. The van der Waals surface area contributed by atoms with Gasteiger partial charge < -0.3 is 28.5 Å². The van der Waals surface area contributed by atoms with E-state index in [4.69, 9.17) is 18.9 Å². The minimum Gasteiger partial charge on any atom is -0.477 e. The highest BCUT2D eigenvalue weighted by atomic mass is 16.7. The molecule has 93 heavy (non-hydrogen) atoms. The van der Waals surface area contributed by atoms with Crippen molar-refractivity contribution in [3.05, 3.63) is 219 Å². The number of unbranched alkanes of at least 4 members (excludes halogenated alkanes) is 12. The standard InChI is InChI=1S/C84H129NO8/c1-6-8-10-12-14-16-18-20-22-24-26-28-30-32-34-36-38-39-40-41-42-43-45-47-49-51-53-55-57-59-61-63-65-67-69-71-73-75-82(87)93-80(79-92-84(83(88)89)90-77-76-85(3,4)5)78-91-81(86)74-72-70-68-66-64-62-60-58-56-54-52-50-48-46-44-37-35-33-31-29-27-25-23-21-19-17-15-13-11-9-7-2/h8-11,14-17,20-23,26-29,32-35,38-39,41-42,44-47,50-53,57,59,63,65,80,84H,6-7,12-13,18-19,24-25,30-31,36-37,40,43,48-49,54-56,58,60-62,64,66-79H2,1-5H3/p+1/b10-8-,11-9-,16-14-,17-15-,22-20-,23-21-,28-26-,29-27-,34-32-,35-33-,39-38-,42-41-,46-44-,47-45-,52-50-,53-51-,59-57-,65-63-. The molecule has 0 radical (unpaired) electrons. The molecule has 0 amide bonds. The average molecular weight is 1280 g/mol. The number of quaternary nitrogens is 1. The first kappa shape index (κ1) is 86.6. The summed E-state index contributed by atoms with van der Waals surface area (Å²) in [6, 6.07) is 0. The lowest BCUT2D eigenvalue weighted by Gasteiger charge is -2.25. The third-order valence-corrected chi connectivity index (χ3v) is 14.2. The molecule has 0 spiro atoms. The number of carboxylic acid groups (broad SMARTS) is 1. The first-order valence-electron chi connectivity index (χ1n) is 35.9. The van der Waals surface area contributed by atoms with Gasteiger partial charge in [0.1, 0.15) is 13.2 Å². The summed E-state index contributed by atoms with van der Waals surface area (Å²) in [6.07, 6.45) is 110. The Kier molecular flexibility index (Phi) is 66.5. The second-order valence-electron chi connectivity index (χ2n) is 24.1.